The molecule has 1 saturated heterocycles. The number of aryl methyl sites for hydroxylation is 3. The molecule has 1 fully saturated rings. The number of hydrogen-bond acceptors (Lipinski definition) is 7. The zero-order valence-electron chi connectivity index (χ0n) is 17.3. The van der Waals surface area contributed by atoms with E-state index in [0.29, 0.717) is 15.2 Å². The highest BCUT2D eigenvalue weighted by Gasteiger charge is 2.25. The van der Waals surface area contributed by atoms with Crippen LogP contribution in [-0.4, -0.2) is 25.5 Å². The number of thiazole rings is 1. The first-order valence-electron chi connectivity index (χ1n) is 9.40. The summed E-state index contributed by atoms with van der Waals surface area (Å²) in [5.74, 6) is -0.200. The number of carbonyl (C=O) groups is 1. The Balaban J connectivity index is 1.62. The monoisotopic (exact) mass is 453 g/mol. The number of aromatic nitrogens is 2. The standard InChI is InChI=1S/C21H19N5O3S2/c1-11-9-15(13(3)25(11)16-5-7-17(8-6-16)26(28)29)10-18-19(27)23-21(31-18)24-20-22-12(2)14(4)30-20/h5-10H,1-4H3,(H,22,23,24,27)/b18-10-. The Labute approximate surface area is 186 Å². The van der Waals surface area contributed by atoms with Crippen LogP contribution in [0.2, 0.25) is 0 Å². The van der Waals surface area contributed by atoms with E-state index < -0.39 is 4.92 Å². The largest absolute Gasteiger partial charge is 0.318 e. The molecule has 0 radical (unpaired) electrons. The van der Waals surface area contributed by atoms with Gasteiger partial charge in [0.25, 0.3) is 11.6 Å². The lowest BCUT2D eigenvalue weighted by Crippen LogP contribution is -2.19. The number of non-ortho nitro benzene ring substituents is 1. The lowest BCUT2D eigenvalue weighted by molar-refractivity contribution is -0.384. The van der Waals surface area contributed by atoms with Crippen molar-refractivity contribution in [2.75, 3.05) is 0 Å². The third kappa shape index (κ3) is 4.17. The highest BCUT2D eigenvalue weighted by molar-refractivity contribution is 8.18. The van der Waals surface area contributed by atoms with Crippen molar-refractivity contribution < 1.29 is 9.72 Å². The number of thioether (sulfide) groups is 1. The minimum atomic E-state index is -0.418. The van der Waals surface area contributed by atoms with Gasteiger partial charge in [0, 0.05) is 34.1 Å². The third-order valence-corrected chi connectivity index (χ3v) is 6.82. The molecule has 3 heterocycles. The second kappa shape index (κ2) is 8.12. The van der Waals surface area contributed by atoms with E-state index in [-0.39, 0.29) is 11.6 Å². The molecule has 2 aromatic heterocycles. The summed E-state index contributed by atoms with van der Waals surface area (Å²) in [5.41, 5.74) is 4.60. The van der Waals surface area contributed by atoms with Crippen molar-refractivity contribution in [2.45, 2.75) is 27.7 Å². The van der Waals surface area contributed by atoms with Crippen LogP contribution < -0.4 is 5.32 Å². The van der Waals surface area contributed by atoms with Crippen molar-refractivity contribution in [1.29, 1.82) is 0 Å². The van der Waals surface area contributed by atoms with Gasteiger partial charge in [0.1, 0.15) is 0 Å². The van der Waals surface area contributed by atoms with Gasteiger partial charge in [-0.3, -0.25) is 14.9 Å². The van der Waals surface area contributed by atoms with Crippen LogP contribution in [0.25, 0.3) is 11.8 Å². The summed E-state index contributed by atoms with van der Waals surface area (Å²) in [5, 5.41) is 14.8. The summed E-state index contributed by atoms with van der Waals surface area (Å²) in [7, 11) is 0. The fraction of sp³-hybridized carbons (Fsp3) is 0.190. The second-order valence-electron chi connectivity index (χ2n) is 7.06. The van der Waals surface area contributed by atoms with Gasteiger partial charge in [-0.15, -0.1) is 0 Å². The molecule has 10 heteroatoms. The fourth-order valence-corrected chi connectivity index (χ4v) is 4.92. The van der Waals surface area contributed by atoms with Gasteiger partial charge in [0.15, 0.2) is 5.17 Å². The Kier molecular flexibility index (Phi) is 5.50. The Bertz CT molecular complexity index is 1250. The van der Waals surface area contributed by atoms with Crippen molar-refractivity contribution in [3.8, 4) is 5.69 Å². The van der Waals surface area contributed by atoms with Crippen LogP contribution in [0.1, 0.15) is 27.5 Å². The van der Waals surface area contributed by atoms with Gasteiger partial charge in [0.2, 0.25) is 5.13 Å². The predicted octanol–water partition coefficient (Wildman–Crippen LogP) is 4.97. The molecule has 1 N–H and O–H groups in total. The molecule has 3 aromatic rings. The van der Waals surface area contributed by atoms with E-state index in [2.05, 4.69) is 15.3 Å². The van der Waals surface area contributed by atoms with Crippen LogP contribution in [0, 0.1) is 37.8 Å². The summed E-state index contributed by atoms with van der Waals surface area (Å²) in [6.45, 7) is 7.83. The van der Waals surface area contributed by atoms with Crippen molar-refractivity contribution in [2.24, 2.45) is 4.99 Å². The maximum Gasteiger partial charge on any atom is 0.269 e. The molecule has 0 unspecified atom stereocenters. The van der Waals surface area contributed by atoms with Crippen LogP contribution in [0.3, 0.4) is 0 Å². The lowest BCUT2D eigenvalue weighted by Gasteiger charge is -2.09. The van der Waals surface area contributed by atoms with Crippen LogP contribution in [0.5, 0.6) is 0 Å². The molecule has 158 valence electrons. The van der Waals surface area contributed by atoms with E-state index in [1.165, 1.54) is 35.2 Å². The van der Waals surface area contributed by atoms with Crippen LogP contribution in [0.4, 0.5) is 10.8 Å². The summed E-state index contributed by atoms with van der Waals surface area (Å²) in [4.78, 5) is 33.4. The Morgan fingerprint density at radius 2 is 1.90 bits per heavy atom. The van der Waals surface area contributed by atoms with Gasteiger partial charge in [-0.1, -0.05) is 11.3 Å². The van der Waals surface area contributed by atoms with E-state index >= 15 is 0 Å². The van der Waals surface area contributed by atoms with Crippen molar-refractivity contribution in [1.82, 2.24) is 14.9 Å². The molecular weight excluding hydrogens is 434 g/mol. The summed E-state index contributed by atoms with van der Waals surface area (Å²) in [6.07, 6.45) is 1.84. The number of aliphatic imine (C=N–C) groups is 1. The number of nitrogens with one attached hydrogen (secondary N) is 1. The zero-order chi connectivity index (χ0) is 22.3. The van der Waals surface area contributed by atoms with Crippen molar-refractivity contribution >= 4 is 51.1 Å². The highest BCUT2D eigenvalue weighted by atomic mass is 32.2. The number of nitro groups is 1. The molecule has 4 rings (SSSR count). The molecule has 0 aliphatic carbocycles. The summed E-state index contributed by atoms with van der Waals surface area (Å²) >= 11 is 2.77. The Morgan fingerprint density at radius 3 is 2.52 bits per heavy atom. The van der Waals surface area contributed by atoms with Gasteiger partial charge in [-0.2, -0.15) is 4.99 Å². The lowest BCUT2D eigenvalue weighted by atomic mass is 10.2. The number of rotatable bonds is 4. The van der Waals surface area contributed by atoms with Crippen molar-refractivity contribution in [3.05, 3.63) is 72.9 Å². The van der Waals surface area contributed by atoms with E-state index in [9.17, 15) is 14.9 Å². The Hall–Kier alpha value is -3.24. The van der Waals surface area contributed by atoms with Crippen LogP contribution in [0.15, 0.2) is 40.2 Å². The average molecular weight is 454 g/mol. The number of amidine groups is 1. The maximum absolute atomic E-state index is 12.5. The van der Waals surface area contributed by atoms with E-state index in [1.54, 1.807) is 12.1 Å². The van der Waals surface area contributed by atoms with Crippen molar-refractivity contribution in [3.63, 3.8) is 0 Å². The number of amides is 1. The Morgan fingerprint density at radius 1 is 1.19 bits per heavy atom. The molecule has 1 aliphatic heterocycles. The minimum Gasteiger partial charge on any atom is -0.318 e. The molecule has 1 amide bonds. The molecule has 0 bridgehead atoms. The average Bonchev–Trinajstić information content (AvgIpc) is 3.31. The first kappa shape index (κ1) is 21.0. The quantitative estimate of drug-likeness (QED) is 0.341. The molecule has 0 saturated carbocycles. The van der Waals surface area contributed by atoms with E-state index in [4.69, 9.17) is 0 Å². The molecular formula is C21H19N5O3S2. The van der Waals surface area contributed by atoms with Gasteiger partial charge in [-0.05, 0) is 69.3 Å². The number of nitrogens with zero attached hydrogens (tertiary/aromatic N) is 4. The SMILES string of the molecule is Cc1nc(/N=C2\NC(=O)/C(=C/c3cc(C)n(-c4ccc([N+](=O)[O-])cc4)c3C)S2)sc1C. The van der Waals surface area contributed by atoms with Crippen LogP contribution >= 0.6 is 23.1 Å². The number of hydrogen-bond donors (Lipinski definition) is 1. The number of carbonyl (C=O) groups excluding carboxylic acids is 1. The van der Waals surface area contributed by atoms with Crippen LogP contribution in [-0.2, 0) is 4.79 Å². The number of nitro benzene ring substituents is 1. The third-order valence-electron chi connectivity index (χ3n) is 4.94. The number of benzene rings is 1. The summed E-state index contributed by atoms with van der Waals surface area (Å²) < 4.78 is 2.00. The molecule has 0 atom stereocenters. The van der Waals surface area contributed by atoms with Gasteiger partial charge >= 0.3 is 0 Å². The first-order chi connectivity index (χ1) is 14.7. The molecule has 1 aliphatic rings. The van der Waals surface area contributed by atoms with Gasteiger partial charge in [0.05, 0.1) is 15.5 Å². The van der Waals surface area contributed by atoms with Gasteiger partial charge < -0.3 is 9.88 Å². The molecule has 8 nitrogen and oxygen atoms in total. The van der Waals surface area contributed by atoms with E-state index in [1.807, 2.05) is 44.4 Å². The highest BCUT2D eigenvalue weighted by Crippen LogP contribution is 2.32. The minimum absolute atomic E-state index is 0.0463. The maximum atomic E-state index is 12.5. The smallest absolute Gasteiger partial charge is 0.269 e. The molecule has 1 aromatic carbocycles. The van der Waals surface area contributed by atoms with E-state index in [0.717, 1.165) is 33.2 Å². The topological polar surface area (TPSA) is 102 Å². The summed E-state index contributed by atoms with van der Waals surface area (Å²) in [6, 6.07) is 8.39. The van der Waals surface area contributed by atoms with Gasteiger partial charge in [-0.25, -0.2) is 4.98 Å². The predicted molar refractivity (Wildman–Crippen MR) is 124 cm³/mol. The zero-order valence-corrected chi connectivity index (χ0v) is 18.9. The molecule has 31 heavy (non-hydrogen) atoms. The molecule has 0 spiro atoms. The fourth-order valence-electron chi connectivity index (χ4n) is 3.27. The first-order valence-corrected chi connectivity index (χ1v) is 11.0. The normalized spacial score (nSPS) is 16.3. The second-order valence-corrected chi connectivity index (χ2v) is 9.27.